The number of alkyl halides is 1. The zero-order valence-corrected chi connectivity index (χ0v) is 7.28. The number of halogens is 1. The molecule has 1 rings (SSSR count). The van der Waals surface area contributed by atoms with E-state index < -0.39 is 5.56 Å². The van der Waals surface area contributed by atoms with Crippen LogP contribution in [0.5, 0.6) is 0 Å². The summed E-state index contributed by atoms with van der Waals surface area (Å²) in [6.45, 7) is 2.16. The minimum Gasteiger partial charge on any atom is -0.442 e. The van der Waals surface area contributed by atoms with Crippen molar-refractivity contribution in [3.63, 3.8) is 0 Å². The summed E-state index contributed by atoms with van der Waals surface area (Å²) in [6.07, 6.45) is 1.60. The molecule has 0 aromatic carbocycles. The van der Waals surface area contributed by atoms with Crippen LogP contribution in [0.3, 0.4) is 0 Å². The molecule has 0 spiro atoms. The number of rotatable bonds is 3. The molecule has 64 valence electrons. The lowest BCUT2D eigenvalue weighted by Crippen LogP contribution is -2.00. The van der Waals surface area contributed by atoms with Gasteiger partial charge < -0.3 is 4.74 Å². The number of aromatic nitrogens is 1. The zero-order valence-electron chi connectivity index (χ0n) is 6.53. The van der Waals surface area contributed by atoms with Crippen molar-refractivity contribution in [3.05, 3.63) is 29.6 Å². The van der Waals surface area contributed by atoms with Crippen molar-refractivity contribution in [1.82, 2.24) is 4.98 Å². The third kappa shape index (κ3) is 1.95. The van der Waals surface area contributed by atoms with Crippen molar-refractivity contribution in [2.75, 3.05) is 0 Å². The zero-order chi connectivity index (χ0) is 8.97. The van der Waals surface area contributed by atoms with Crippen molar-refractivity contribution >= 4 is 18.1 Å². The van der Waals surface area contributed by atoms with Gasteiger partial charge in [-0.1, -0.05) is 17.7 Å². The normalized spacial score (nSPS) is 12.2. The largest absolute Gasteiger partial charge is 0.442 e. The fourth-order valence-corrected chi connectivity index (χ4v) is 1.12. The van der Waals surface area contributed by atoms with E-state index in [0.717, 1.165) is 5.56 Å². The summed E-state index contributed by atoms with van der Waals surface area (Å²) in [5.41, 5.74) is 0.689. The molecule has 3 nitrogen and oxygen atoms in total. The maximum atomic E-state index is 9.97. The third-order valence-electron chi connectivity index (χ3n) is 1.44. The van der Waals surface area contributed by atoms with Crippen molar-refractivity contribution in [2.24, 2.45) is 0 Å². The maximum absolute atomic E-state index is 9.97. The van der Waals surface area contributed by atoms with E-state index in [1.54, 1.807) is 12.3 Å². The van der Waals surface area contributed by atoms with Gasteiger partial charge in [-0.05, 0) is 18.6 Å². The molecule has 0 aliphatic carbocycles. The van der Waals surface area contributed by atoms with Gasteiger partial charge >= 0.3 is 0 Å². The predicted molar refractivity (Wildman–Crippen MR) is 44.7 cm³/mol. The molecule has 1 heterocycles. The summed E-state index contributed by atoms with van der Waals surface area (Å²) < 4.78 is 4.53. The van der Waals surface area contributed by atoms with E-state index in [0.29, 0.717) is 12.2 Å². The quantitative estimate of drug-likeness (QED) is 0.533. The average molecular weight is 186 g/mol. The van der Waals surface area contributed by atoms with Crippen molar-refractivity contribution in [1.29, 1.82) is 0 Å². The minimum atomic E-state index is -0.788. The number of aryl methyl sites for hydroxylation is 1. The summed E-state index contributed by atoms with van der Waals surface area (Å²) in [7, 11) is 0. The third-order valence-corrected chi connectivity index (χ3v) is 1.75. The number of pyridine rings is 1. The SMILES string of the molecule is Cc1cccnc1C(Cl)OC=O. The molecule has 0 radical (unpaired) electrons. The Balaban J connectivity index is 2.86. The molecule has 1 aromatic rings. The second kappa shape index (κ2) is 4.07. The van der Waals surface area contributed by atoms with Crippen LogP contribution in [0.1, 0.15) is 16.8 Å². The molecule has 0 aliphatic heterocycles. The topological polar surface area (TPSA) is 39.2 Å². The lowest BCUT2D eigenvalue weighted by molar-refractivity contribution is -0.130. The summed E-state index contributed by atoms with van der Waals surface area (Å²) in [6, 6.07) is 3.65. The van der Waals surface area contributed by atoms with Gasteiger partial charge in [-0.2, -0.15) is 0 Å². The number of carbonyl (C=O) groups excluding carboxylic acids is 1. The van der Waals surface area contributed by atoms with Crippen LogP contribution in [0.25, 0.3) is 0 Å². The Kier molecular flexibility index (Phi) is 3.05. The highest BCUT2D eigenvalue weighted by Crippen LogP contribution is 2.21. The lowest BCUT2D eigenvalue weighted by Gasteiger charge is -2.08. The molecule has 12 heavy (non-hydrogen) atoms. The molecule has 0 fully saturated rings. The van der Waals surface area contributed by atoms with E-state index in [9.17, 15) is 4.79 Å². The summed E-state index contributed by atoms with van der Waals surface area (Å²) in [5, 5.41) is 0. The molecule has 0 saturated carbocycles. The van der Waals surface area contributed by atoms with Gasteiger partial charge in [0.2, 0.25) is 5.56 Å². The van der Waals surface area contributed by atoms with E-state index in [-0.39, 0.29) is 0 Å². The molecule has 0 saturated heterocycles. The minimum absolute atomic E-state index is 0.311. The lowest BCUT2D eigenvalue weighted by atomic mass is 10.2. The Morgan fingerprint density at radius 3 is 3.08 bits per heavy atom. The van der Waals surface area contributed by atoms with Crippen molar-refractivity contribution in [2.45, 2.75) is 12.5 Å². The molecular formula is C8H8ClNO2. The van der Waals surface area contributed by atoms with Crippen LogP contribution >= 0.6 is 11.6 Å². The molecule has 0 aliphatic rings. The van der Waals surface area contributed by atoms with Gasteiger partial charge in [0.15, 0.2) is 0 Å². The molecule has 0 N–H and O–H groups in total. The van der Waals surface area contributed by atoms with Crippen LogP contribution in [0, 0.1) is 6.92 Å². The highest BCUT2D eigenvalue weighted by atomic mass is 35.5. The predicted octanol–water partition coefficient (Wildman–Crippen LogP) is 1.80. The van der Waals surface area contributed by atoms with Crippen molar-refractivity contribution in [3.8, 4) is 0 Å². The second-order valence-corrected chi connectivity index (χ2v) is 2.65. The van der Waals surface area contributed by atoms with E-state index in [1.165, 1.54) is 0 Å². The van der Waals surface area contributed by atoms with E-state index >= 15 is 0 Å². The monoisotopic (exact) mass is 185 g/mol. The van der Waals surface area contributed by atoms with Gasteiger partial charge in [-0.3, -0.25) is 9.78 Å². The first-order valence-corrected chi connectivity index (χ1v) is 3.84. The fourth-order valence-electron chi connectivity index (χ4n) is 0.849. The molecule has 0 amide bonds. The Hall–Kier alpha value is -1.09. The molecular weight excluding hydrogens is 178 g/mol. The number of hydrogen-bond acceptors (Lipinski definition) is 3. The van der Waals surface area contributed by atoms with Gasteiger partial charge in [0.25, 0.3) is 6.47 Å². The van der Waals surface area contributed by atoms with Gasteiger partial charge in [0.05, 0.1) is 5.69 Å². The molecule has 1 atom stereocenters. The van der Waals surface area contributed by atoms with Crippen LogP contribution in [0.15, 0.2) is 18.3 Å². The number of nitrogens with zero attached hydrogens (tertiary/aromatic N) is 1. The van der Waals surface area contributed by atoms with Crippen LogP contribution < -0.4 is 0 Å². The number of carbonyl (C=O) groups is 1. The smallest absolute Gasteiger partial charge is 0.294 e. The Bertz CT molecular complexity index is 278. The fraction of sp³-hybridized carbons (Fsp3) is 0.250. The second-order valence-electron chi connectivity index (χ2n) is 2.25. The highest BCUT2D eigenvalue weighted by Gasteiger charge is 2.11. The van der Waals surface area contributed by atoms with E-state index in [4.69, 9.17) is 11.6 Å². The van der Waals surface area contributed by atoms with E-state index in [2.05, 4.69) is 9.72 Å². The highest BCUT2D eigenvalue weighted by molar-refractivity contribution is 6.20. The van der Waals surface area contributed by atoms with E-state index in [1.807, 2.05) is 13.0 Å². The van der Waals surface area contributed by atoms with Crippen molar-refractivity contribution < 1.29 is 9.53 Å². The average Bonchev–Trinajstić information content (AvgIpc) is 2.05. The maximum Gasteiger partial charge on any atom is 0.294 e. The summed E-state index contributed by atoms with van der Waals surface area (Å²) in [4.78, 5) is 13.9. The Labute approximate surface area is 75.3 Å². The summed E-state index contributed by atoms with van der Waals surface area (Å²) >= 11 is 5.70. The number of hydrogen-bond donors (Lipinski definition) is 0. The number of ether oxygens (including phenoxy) is 1. The van der Waals surface area contributed by atoms with Crippen LogP contribution in [-0.4, -0.2) is 11.5 Å². The Morgan fingerprint density at radius 2 is 2.50 bits per heavy atom. The first-order chi connectivity index (χ1) is 5.75. The molecule has 4 heteroatoms. The first kappa shape index (κ1) is 9.00. The first-order valence-electron chi connectivity index (χ1n) is 3.40. The molecule has 1 unspecified atom stereocenters. The molecule has 0 bridgehead atoms. The van der Waals surface area contributed by atoms with Crippen LogP contribution in [0.2, 0.25) is 0 Å². The van der Waals surface area contributed by atoms with Crippen LogP contribution in [-0.2, 0) is 9.53 Å². The standard InChI is InChI=1S/C8H8ClNO2/c1-6-3-2-4-10-7(6)8(9)12-5-11/h2-5,8H,1H3. The van der Waals surface area contributed by atoms with Gasteiger partial charge in [-0.15, -0.1) is 0 Å². The Morgan fingerprint density at radius 1 is 1.75 bits per heavy atom. The van der Waals surface area contributed by atoms with Gasteiger partial charge in [0, 0.05) is 6.20 Å². The van der Waals surface area contributed by atoms with Crippen LogP contribution in [0.4, 0.5) is 0 Å². The summed E-state index contributed by atoms with van der Waals surface area (Å²) in [5.74, 6) is 0. The molecule has 1 aromatic heterocycles. The van der Waals surface area contributed by atoms with Gasteiger partial charge in [-0.25, -0.2) is 0 Å². The van der Waals surface area contributed by atoms with Gasteiger partial charge in [0.1, 0.15) is 0 Å².